The number of aromatic nitrogens is 1. The summed E-state index contributed by atoms with van der Waals surface area (Å²) in [6, 6.07) is 7.42. The van der Waals surface area contributed by atoms with Crippen molar-refractivity contribution in [2.24, 2.45) is 0 Å². The number of pyridine rings is 1. The topological polar surface area (TPSA) is 74.2 Å². The number of aliphatic hydroxyl groups excluding tert-OH is 1. The lowest BCUT2D eigenvalue weighted by atomic mass is 9.90. The number of anilines is 2. The maximum absolute atomic E-state index is 14.2. The molecule has 0 aliphatic rings. The number of nitrogens with zero attached hydrogens (tertiary/aromatic N) is 1. The van der Waals surface area contributed by atoms with Crippen molar-refractivity contribution >= 4 is 28.9 Å². The van der Waals surface area contributed by atoms with Crippen LogP contribution in [-0.4, -0.2) is 22.5 Å². The van der Waals surface area contributed by atoms with E-state index in [1.165, 1.54) is 37.3 Å². The van der Waals surface area contributed by atoms with Crippen LogP contribution in [0.25, 0.3) is 11.1 Å². The quantitative estimate of drug-likeness (QED) is 0.244. The highest BCUT2D eigenvalue weighted by Gasteiger charge is 2.32. The normalized spacial score (nSPS) is 12.2. The van der Waals surface area contributed by atoms with E-state index in [1.54, 1.807) is 13.0 Å². The summed E-state index contributed by atoms with van der Waals surface area (Å²) in [6.07, 6.45) is -3.14. The molecule has 3 N–H and O–H groups in total. The van der Waals surface area contributed by atoms with E-state index < -0.39 is 29.7 Å². The Labute approximate surface area is 204 Å². The third kappa shape index (κ3) is 5.98. The van der Waals surface area contributed by atoms with Gasteiger partial charge in [-0.2, -0.15) is 13.2 Å². The highest BCUT2D eigenvalue weighted by molar-refractivity contribution is 6.34. The third-order valence-electron chi connectivity index (χ3n) is 5.16. The number of aryl methyl sites for hydroxylation is 1. The molecule has 0 aliphatic heterocycles. The van der Waals surface area contributed by atoms with Crippen molar-refractivity contribution in [1.29, 1.82) is 0 Å². The Balaban J connectivity index is 2.04. The number of benzene rings is 2. The van der Waals surface area contributed by atoms with Gasteiger partial charge in [0.05, 0.1) is 16.7 Å². The minimum atomic E-state index is -4.66. The summed E-state index contributed by atoms with van der Waals surface area (Å²) in [6.45, 7) is 7.16. The van der Waals surface area contributed by atoms with E-state index in [2.05, 4.69) is 22.2 Å². The monoisotopic (exact) mass is 507 g/mol. The fourth-order valence-corrected chi connectivity index (χ4v) is 3.82. The molecule has 5 nitrogen and oxygen atoms in total. The first-order chi connectivity index (χ1) is 16.4. The Morgan fingerprint density at radius 1 is 1.26 bits per heavy atom. The van der Waals surface area contributed by atoms with Crippen LogP contribution in [0, 0.1) is 12.7 Å². The van der Waals surface area contributed by atoms with Crippen LogP contribution in [0.3, 0.4) is 0 Å². The van der Waals surface area contributed by atoms with E-state index in [9.17, 15) is 27.5 Å². The maximum Gasteiger partial charge on any atom is 0.433 e. The van der Waals surface area contributed by atoms with Gasteiger partial charge in [0.15, 0.2) is 0 Å². The lowest BCUT2D eigenvalue weighted by molar-refractivity contribution is -0.141. The number of alkyl halides is 3. The molecule has 0 saturated carbocycles. The maximum atomic E-state index is 14.2. The molecule has 35 heavy (non-hydrogen) atoms. The lowest BCUT2D eigenvalue weighted by Gasteiger charge is -2.21. The van der Waals surface area contributed by atoms with Gasteiger partial charge < -0.3 is 15.7 Å². The number of hydrogen-bond donors (Lipinski definition) is 3. The van der Waals surface area contributed by atoms with E-state index >= 15 is 0 Å². The number of halogens is 5. The van der Waals surface area contributed by atoms with Crippen molar-refractivity contribution in [2.75, 3.05) is 17.2 Å². The highest BCUT2D eigenvalue weighted by atomic mass is 35.5. The van der Waals surface area contributed by atoms with Crippen LogP contribution in [0.5, 0.6) is 0 Å². The van der Waals surface area contributed by atoms with Crippen molar-refractivity contribution in [3.05, 3.63) is 88.5 Å². The largest absolute Gasteiger partial charge is 0.433 e. The zero-order valence-electron chi connectivity index (χ0n) is 18.8. The molecule has 0 saturated heterocycles. The van der Waals surface area contributed by atoms with Crippen LogP contribution in [0.2, 0.25) is 5.02 Å². The zero-order chi connectivity index (χ0) is 25.9. The predicted molar refractivity (Wildman–Crippen MR) is 128 cm³/mol. The van der Waals surface area contributed by atoms with Gasteiger partial charge in [-0.05, 0) is 66.9 Å². The number of rotatable bonds is 7. The summed E-state index contributed by atoms with van der Waals surface area (Å²) >= 11 is 6.41. The molecule has 3 rings (SSSR count). The molecule has 184 valence electrons. The van der Waals surface area contributed by atoms with Gasteiger partial charge in [-0.3, -0.25) is 9.78 Å². The molecule has 3 aromatic rings. The average Bonchev–Trinajstić information content (AvgIpc) is 2.78. The van der Waals surface area contributed by atoms with Gasteiger partial charge in [0, 0.05) is 29.7 Å². The number of hydrogen-bond acceptors (Lipinski definition) is 4. The molecule has 1 aromatic heterocycles. The molecule has 0 fully saturated rings. The molecular weight excluding hydrogens is 486 g/mol. The molecular formula is C25H22ClF4N3O2. The number of aliphatic hydroxyl groups is 1. The second-order valence-corrected chi connectivity index (χ2v) is 8.20. The number of carbonyl (C=O) groups excluding carboxylic acids is 1. The Hall–Kier alpha value is -3.43. The average molecular weight is 508 g/mol. The second kappa shape index (κ2) is 10.5. The molecule has 0 aliphatic carbocycles. The van der Waals surface area contributed by atoms with Crippen molar-refractivity contribution in [2.45, 2.75) is 26.1 Å². The Bertz CT molecular complexity index is 1280. The Kier molecular flexibility index (Phi) is 7.82. The molecule has 1 atom stereocenters. The van der Waals surface area contributed by atoms with Crippen molar-refractivity contribution in [1.82, 2.24) is 4.98 Å². The van der Waals surface area contributed by atoms with Crippen LogP contribution in [0.15, 0.2) is 55.3 Å². The summed E-state index contributed by atoms with van der Waals surface area (Å²) < 4.78 is 53.0. The van der Waals surface area contributed by atoms with E-state index in [0.717, 1.165) is 12.3 Å². The predicted octanol–water partition coefficient (Wildman–Crippen LogP) is 6.77. The van der Waals surface area contributed by atoms with Gasteiger partial charge in [-0.15, -0.1) is 6.58 Å². The summed E-state index contributed by atoms with van der Waals surface area (Å²) in [5.41, 5.74) is 1.10. The summed E-state index contributed by atoms with van der Waals surface area (Å²) in [4.78, 5) is 16.1. The minimum Gasteiger partial charge on any atom is -0.389 e. The number of amides is 1. The van der Waals surface area contributed by atoms with Gasteiger partial charge in [0.2, 0.25) is 0 Å². The smallest absolute Gasteiger partial charge is 0.389 e. The molecule has 0 spiro atoms. The first-order valence-electron chi connectivity index (χ1n) is 10.4. The van der Waals surface area contributed by atoms with Gasteiger partial charge in [0.1, 0.15) is 11.5 Å². The fourth-order valence-electron chi connectivity index (χ4n) is 3.57. The van der Waals surface area contributed by atoms with E-state index in [1.807, 2.05) is 0 Å². The van der Waals surface area contributed by atoms with Crippen LogP contribution in [0.4, 0.5) is 28.9 Å². The zero-order valence-corrected chi connectivity index (χ0v) is 19.6. The van der Waals surface area contributed by atoms with Gasteiger partial charge in [-0.1, -0.05) is 17.7 Å². The molecule has 1 heterocycles. The van der Waals surface area contributed by atoms with Gasteiger partial charge in [0.25, 0.3) is 5.91 Å². The second-order valence-electron chi connectivity index (χ2n) is 7.79. The SMILES string of the molecule is C=CCNc1cc(F)cc(C(C)O)c1-c1cc(Cl)c(C(=O)Nc2ccnc(C(F)(F)F)c2)cc1C. The fraction of sp³-hybridized carbons (Fsp3) is 0.200. The molecule has 2 aromatic carbocycles. The Morgan fingerprint density at radius 2 is 1.97 bits per heavy atom. The molecule has 0 bridgehead atoms. The van der Waals surface area contributed by atoms with Gasteiger partial charge in [-0.25, -0.2) is 4.39 Å². The van der Waals surface area contributed by atoms with Crippen LogP contribution in [-0.2, 0) is 6.18 Å². The van der Waals surface area contributed by atoms with Crippen LogP contribution in [0.1, 0.15) is 40.2 Å². The number of nitrogens with one attached hydrogen (secondary N) is 2. The Morgan fingerprint density at radius 3 is 2.60 bits per heavy atom. The molecule has 1 amide bonds. The molecule has 1 unspecified atom stereocenters. The van der Waals surface area contributed by atoms with Crippen molar-refractivity contribution < 1.29 is 27.5 Å². The highest BCUT2D eigenvalue weighted by Crippen LogP contribution is 2.40. The summed E-state index contributed by atoms with van der Waals surface area (Å²) in [5, 5.41) is 15.7. The first kappa shape index (κ1) is 26.2. The van der Waals surface area contributed by atoms with Crippen LogP contribution < -0.4 is 10.6 Å². The first-order valence-corrected chi connectivity index (χ1v) is 10.8. The summed E-state index contributed by atoms with van der Waals surface area (Å²) in [5.74, 6) is -1.27. The van der Waals surface area contributed by atoms with E-state index in [4.69, 9.17) is 11.6 Å². The van der Waals surface area contributed by atoms with E-state index in [-0.39, 0.29) is 16.3 Å². The lowest BCUT2D eigenvalue weighted by Crippen LogP contribution is -2.15. The van der Waals surface area contributed by atoms with Crippen molar-refractivity contribution in [3.8, 4) is 11.1 Å². The summed E-state index contributed by atoms with van der Waals surface area (Å²) in [7, 11) is 0. The molecule has 10 heteroatoms. The third-order valence-corrected chi connectivity index (χ3v) is 5.47. The molecule has 0 radical (unpaired) electrons. The number of carbonyl (C=O) groups is 1. The minimum absolute atomic E-state index is 0.0174. The standard InChI is InChI=1S/C25H22ClF4N3O2/c1-4-6-31-21-10-15(27)9-18(14(3)34)23(21)17-12-20(26)19(8-13(17)2)24(35)33-16-5-7-32-22(11-16)25(28,29)30/h4-5,7-12,14,31,34H,1,6H2,2-3H3,(H,32,33,35). The van der Waals surface area contributed by atoms with Gasteiger partial charge >= 0.3 is 6.18 Å². The van der Waals surface area contributed by atoms with Crippen molar-refractivity contribution in [3.63, 3.8) is 0 Å². The van der Waals surface area contributed by atoms with E-state index in [0.29, 0.717) is 34.5 Å². The van der Waals surface area contributed by atoms with Crippen LogP contribution >= 0.6 is 11.6 Å².